The quantitative estimate of drug-likeness (QED) is 0.228. The topological polar surface area (TPSA) is 63.4 Å². The summed E-state index contributed by atoms with van der Waals surface area (Å²) in [5.74, 6) is -0.0780. The maximum absolute atomic E-state index is 13.5. The third-order valence-corrected chi connectivity index (χ3v) is 10.4. The summed E-state index contributed by atoms with van der Waals surface area (Å²) in [6.07, 6.45) is 0. The van der Waals surface area contributed by atoms with Gasteiger partial charge in [0.2, 0.25) is 0 Å². The second kappa shape index (κ2) is 7.56. The van der Waals surface area contributed by atoms with Crippen LogP contribution >= 0.6 is 0 Å². The van der Waals surface area contributed by atoms with Gasteiger partial charge in [-0.3, -0.25) is 0 Å². The Morgan fingerprint density at radius 2 is 1.52 bits per heavy atom. The van der Waals surface area contributed by atoms with Crippen LogP contribution in [0.2, 0.25) is 9.88 Å². The molecule has 0 spiro atoms. The fraction of sp³-hybridized carbons (Fsp3) is 0.0741. The van der Waals surface area contributed by atoms with Gasteiger partial charge in [-0.05, 0) is 12.1 Å². The monoisotopic (exact) mass is 539 g/mol. The van der Waals surface area contributed by atoms with Crippen LogP contribution in [0.25, 0.3) is 33.3 Å². The molecule has 6 rings (SSSR count). The van der Waals surface area contributed by atoms with Crippen molar-refractivity contribution >= 4 is 62.7 Å². The van der Waals surface area contributed by atoms with Crippen molar-refractivity contribution in [2.24, 2.45) is 0 Å². The third kappa shape index (κ3) is 3.10. The summed E-state index contributed by atoms with van der Waals surface area (Å²) in [6, 6.07) is 24.5. The van der Waals surface area contributed by atoms with E-state index in [0.717, 1.165) is 21.9 Å². The van der Waals surface area contributed by atoms with Gasteiger partial charge in [0.1, 0.15) is 5.52 Å². The molecule has 159 valence electrons. The van der Waals surface area contributed by atoms with Crippen molar-refractivity contribution in [3.8, 4) is 11.5 Å². The van der Waals surface area contributed by atoms with Gasteiger partial charge in [0.05, 0.1) is 0 Å². The molecule has 33 heavy (non-hydrogen) atoms. The summed E-state index contributed by atoms with van der Waals surface area (Å²) in [4.78, 5) is 37.3. The van der Waals surface area contributed by atoms with Crippen LogP contribution in [0.1, 0.15) is 20.7 Å². The number of carbonyl (C=O) groups excluding carboxylic acids is 2. The Bertz CT molecular complexity index is 1530. The van der Waals surface area contributed by atoms with E-state index in [-0.39, 0.29) is 11.8 Å². The molecule has 0 N–H and O–H groups in total. The summed E-state index contributed by atoms with van der Waals surface area (Å²) in [7, 11) is 0. The molecule has 1 radical (unpaired) electrons. The average Bonchev–Trinajstić information content (AvgIpc) is 3.27. The predicted octanol–water partition coefficient (Wildman–Crippen LogP) is 5.41. The molecule has 5 aromatic rings. The minimum absolute atomic E-state index is 0.290. The summed E-state index contributed by atoms with van der Waals surface area (Å²) >= 11 is -1.71. The first-order valence-corrected chi connectivity index (χ1v) is 17.9. The van der Waals surface area contributed by atoms with Crippen molar-refractivity contribution in [1.82, 2.24) is 4.98 Å². The van der Waals surface area contributed by atoms with Crippen LogP contribution in [0, 0.1) is 0 Å². The number of imide groups is 1. The van der Waals surface area contributed by atoms with E-state index in [1.54, 1.807) is 12.1 Å². The number of hydrogen-bond donors (Lipinski definition) is 0. The van der Waals surface area contributed by atoms with Gasteiger partial charge in [-0.15, -0.1) is 0 Å². The number of aromatic nitrogens is 1. The summed E-state index contributed by atoms with van der Waals surface area (Å²) in [5, 5.41) is 1.85. The fourth-order valence-corrected chi connectivity index (χ4v) is 7.84. The number of rotatable bonds is 3. The molecule has 1 aromatic heterocycles. The molecule has 0 atom stereocenters. The Kier molecular flexibility index (Phi) is 4.62. The molecule has 0 bridgehead atoms. The molecule has 6 heteroatoms. The Hall–Kier alpha value is -3.45. The van der Waals surface area contributed by atoms with Gasteiger partial charge in [-0.2, -0.15) is 0 Å². The van der Waals surface area contributed by atoms with E-state index < -0.39 is 19.8 Å². The van der Waals surface area contributed by atoms with Gasteiger partial charge >= 0.3 is 163 Å². The Labute approximate surface area is 197 Å². The number of oxazole rings is 1. The van der Waals surface area contributed by atoms with Crippen LogP contribution in [0.3, 0.4) is 0 Å². The summed E-state index contributed by atoms with van der Waals surface area (Å²) in [6.45, 7) is 0. The zero-order chi connectivity index (χ0) is 22.7. The number of benzene rings is 4. The van der Waals surface area contributed by atoms with Gasteiger partial charge in [0.15, 0.2) is 5.58 Å². The van der Waals surface area contributed by atoms with E-state index in [1.807, 2.05) is 60.7 Å². The standard InChI is InChI=1S/C25H13N2O3.2CH3.Sn/c28-24-18-7-3-5-15-6-4-8-19(22(15)18)25(29)27(24)17-13-11-16(12-14-17)23-26-20-9-1-2-10-21(20)30-23;;;/h1-5,7-14H;2*1H3;. The van der Waals surface area contributed by atoms with E-state index in [0.29, 0.717) is 28.3 Å². The van der Waals surface area contributed by atoms with Crippen LogP contribution in [0.5, 0.6) is 0 Å². The van der Waals surface area contributed by atoms with E-state index >= 15 is 0 Å². The fourth-order valence-electron chi connectivity index (χ4n) is 4.52. The first-order valence-electron chi connectivity index (χ1n) is 10.7. The number of anilines is 1. The Morgan fingerprint density at radius 3 is 2.24 bits per heavy atom. The predicted molar refractivity (Wildman–Crippen MR) is 132 cm³/mol. The van der Waals surface area contributed by atoms with Crippen molar-refractivity contribution in [3.63, 3.8) is 0 Å². The number of para-hydroxylation sites is 2. The van der Waals surface area contributed by atoms with Gasteiger partial charge in [0, 0.05) is 0 Å². The first-order chi connectivity index (χ1) is 16.0. The van der Waals surface area contributed by atoms with Crippen molar-refractivity contribution < 1.29 is 14.0 Å². The van der Waals surface area contributed by atoms with Gasteiger partial charge < -0.3 is 0 Å². The van der Waals surface area contributed by atoms with Crippen molar-refractivity contribution in [2.45, 2.75) is 9.88 Å². The molecule has 5 nitrogen and oxygen atoms in total. The van der Waals surface area contributed by atoms with Crippen molar-refractivity contribution in [3.05, 3.63) is 90.0 Å². The van der Waals surface area contributed by atoms with E-state index in [9.17, 15) is 9.59 Å². The molecular weight excluding hydrogens is 519 g/mol. The number of hydrogen-bond acceptors (Lipinski definition) is 4. The summed E-state index contributed by atoms with van der Waals surface area (Å²) in [5.41, 5.74) is 3.97. The van der Waals surface area contributed by atoms with Crippen LogP contribution in [-0.4, -0.2) is 36.6 Å². The second-order valence-electron chi connectivity index (χ2n) is 8.37. The summed E-state index contributed by atoms with van der Waals surface area (Å²) < 4.78 is 7.17. The maximum atomic E-state index is 13.5. The van der Waals surface area contributed by atoms with Crippen LogP contribution in [-0.2, 0) is 0 Å². The molecule has 2 amide bonds. The molecular formula is C27H19N2O3Sn. The van der Waals surface area contributed by atoms with Crippen LogP contribution in [0.4, 0.5) is 5.69 Å². The van der Waals surface area contributed by atoms with Crippen molar-refractivity contribution in [2.75, 3.05) is 4.90 Å². The SMILES string of the molecule is [CH3][Sn]([CH3])[c]1ccc2c3c(cccc13)C(=O)N(c1ccc(-c3nc4ccccc4o3)cc1)C2=O. The minimum atomic E-state index is -1.71. The molecule has 1 aliphatic rings. The Balaban J connectivity index is 1.42. The molecule has 1 aliphatic heterocycles. The van der Waals surface area contributed by atoms with E-state index in [4.69, 9.17) is 4.42 Å². The number of nitrogens with zero attached hydrogens (tertiary/aromatic N) is 2. The number of amides is 2. The molecule has 4 aromatic carbocycles. The van der Waals surface area contributed by atoms with E-state index in [2.05, 4.69) is 20.9 Å². The van der Waals surface area contributed by atoms with Gasteiger partial charge in [-0.25, -0.2) is 0 Å². The van der Waals surface area contributed by atoms with Gasteiger partial charge in [0.25, 0.3) is 0 Å². The first kappa shape index (κ1) is 20.2. The third-order valence-electron chi connectivity index (χ3n) is 6.11. The van der Waals surface area contributed by atoms with Gasteiger partial charge in [-0.1, -0.05) is 12.1 Å². The van der Waals surface area contributed by atoms with Crippen LogP contribution in [0.15, 0.2) is 83.3 Å². The van der Waals surface area contributed by atoms with Crippen LogP contribution < -0.4 is 8.48 Å². The number of fused-ring (bicyclic) bond motifs is 1. The molecule has 0 saturated carbocycles. The molecule has 0 aliphatic carbocycles. The zero-order valence-electron chi connectivity index (χ0n) is 18.1. The molecule has 0 fully saturated rings. The molecule has 0 saturated heterocycles. The molecule has 0 unspecified atom stereocenters. The number of carbonyl (C=O) groups is 2. The zero-order valence-corrected chi connectivity index (χ0v) is 21.0. The second-order valence-corrected chi connectivity index (χ2v) is 15.6. The van der Waals surface area contributed by atoms with E-state index in [1.165, 1.54) is 8.48 Å². The van der Waals surface area contributed by atoms with Crippen molar-refractivity contribution in [1.29, 1.82) is 0 Å². The normalized spacial score (nSPS) is 13.5. The Morgan fingerprint density at radius 1 is 0.788 bits per heavy atom. The molecule has 2 heterocycles. The average molecular weight is 538 g/mol.